The van der Waals surface area contributed by atoms with E-state index < -0.39 is 27.8 Å². The first-order valence-electron chi connectivity index (χ1n) is 12.6. The van der Waals surface area contributed by atoms with Crippen molar-refractivity contribution in [1.29, 1.82) is 0 Å². The molecule has 1 fully saturated rings. The zero-order chi connectivity index (χ0) is 27.9. The van der Waals surface area contributed by atoms with Crippen molar-refractivity contribution in [3.05, 3.63) is 60.2 Å². The number of likely N-dealkylation sites (tertiary alicyclic amines) is 1. The number of hydrogen-bond acceptors (Lipinski definition) is 6. The molecule has 2 amide bonds. The number of sulfonamides is 1. The summed E-state index contributed by atoms with van der Waals surface area (Å²) in [5, 5.41) is 13.5. The van der Waals surface area contributed by atoms with Crippen LogP contribution < -0.4 is 5.32 Å². The summed E-state index contributed by atoms with van der Waals surface area (Å²) in [5.41, 5.74) is 1.23. The maximum atomic E-state index is 12.8. The van der Waals surface area contributed by atoms with Crippen LogP contribution in [0.25, 0.3) is 10.8 Å². The summed E-state index contributed by atoms with van der Waals surface area (Å²) in [7, 11) is -2.23. The largest absolute Gasteiger partial charge is 0.478 e. The topological polar surface area (TPSA) is 127 Å². The third-order valence-electron chi connectivity index (χ3n) is 6.93. The molecule has 3 rings (SSSR count). The molecular weight excluding hydrogens is 508 g/mol. The summed E-state index contributed by atoms with van der Waals surface area (Å²) in [5.74, 6) is -2.09. The van der Waals surface area contributed by atoms with Crippen LogP contribution >= 0.6 is 0 Å². The zero-order valence-electron chi connectivity index (χ0n) is 22.0. The van der Waals surface area contributed by atoms with Crippen LogP contribution in [-0.2, 0) is 24.4 Å². The number of fused-ring (bicyclic) bond motifs is 1. The Morgan fingerprint density at radius 3 is 2.42 bits per heavy atom. The molecular formula is C27H36N4O6S. The van der Waals surface area contributed by atoms with Gasteiger partial charge in [-0.25, -0.2) is 13.2 Å². The maximum absolute atomic E-state index is 12.8. The number of amides is 2. The summed E-state index contributed by atoms with van der Waals surface area (Å²) in [6, 6.07) is 14.4. The molecule has 0 saturated carbocycles. The van der Waals surface area contributed by atoms with E-state index >= 15 is 0 Å². The monoisotopic (exact) mass is 544 g/mol. The van der Waals surface area contributed by atoms with E-state index in [4.69, 9.17) is 5.11 Å². The van der Waals surface area contributed by atoms with E-state index in [1.807, 2.05) is 12.1 Å². The number of nitrogens with one attached hydrogen (secondary N) is 1. The molecule has 1 aliphatic heterocycles. The van der Waals surface area contributed by atoms with Crippen molar-refractivity contribution < 1.29 is 27.9 Å². The fraction of sp³-hybridized carbons (Fsp3) is 0.444. The van der Waals surface area contributed by atoms with Gasteiger partial charge in [0.15, 0.2) is 0 Å². The van der Waals surface area contributed by atoms with Crippen LogP contribution in [0.2, 0.25) is 0 Å². The molecule has 11 heteroatoms. The van der Waals surface area contributed by atoms with Crippen molar-refractivity contribution in [2.75, 3.05) is 46.0 Å². The lowest BCUT2D eigenvalue weighted by atomic mass is 9.96. The molecule has 0 radical (unpaired) electrons. The first-order chi connectivity index (χ1) is 18.0. The Balaban J connectivity index is 1.59. The zero-order valence-corrected chi connectivity index (χ0v) is 22.9. The number of aliphatic carboxylic acids is 1. The van der Waals surface area contributed by atoms with E-state index in [0.29, 0.717) is 25.9 Å². The molecule has 206 valence electrons. The summed E-state index contributed by atoms with van der Waals surface area (Å²) < 4.78 is 26.5. The van der Waals surface area contributed by atoms with Crippen molar-refractivity contribution in [2.24, 2.45) is 0 Å². The number of rotatable bonds is 11. The number of hydrogen-bond donors (Lipinski definition) is 2. The second-order valence-electron chi connectivity index (χ2n) is 9.61. The van der Waals surface area contributed by atoms with Gasteiger partial charge in [-0.05, 0) is 36.1 Å². The third kappa shape index (κ3) is 7.86. The van der Waals surface area contributed by atoms with E-state index in [0.717, 1.165) is 12.3 Å². The molecule has 0 bridgehead atoms. The van der Waals surface area contributed by atoms with Gasteiger partial charge in [-0.2, -0.15) is 4.31 Å². The van der Waals surface area contributed by atoms with Crippen LogP contribution in [0.3, 0.4) is 0 Å². The fourth-order valence-corrected chi connectivity index (χ4v) is 5.93. The fourth-order valence-electron chi connectivity index (χ4n) is 4.84. The van der Waals surface area contributed by atoms with Crippen molar-refractivity contribution in [3.8, 4) is 0 Å². The molecule has 2 aromatic rings. The van der Waals surface area contributed by atoms with E-state index in [-0.39, 0.29) is 31.7 Å². The number of carbonyl (C=O) groups excluding carboxylic acids is 2. The minimum absolute atomic E-state index is 0.0123. The van der Waals surface area contributed by atoms with E-state index in [1.165, 1.54) is 38.7 Å². The van der Waals surface area contributed by atoms with Gasteiger partial charge >= 0.3 is 5.97 Å². The van der Waals surface area contributed by atoms with Crippen LogP contribution in [0.1, 0.15) is 31.4 Å². The maximum Gasteiger partial charge on any atom is 0.328 e. The highest BCUT2D eigenvalue weighted by Gasteiger charge is 2.34. The lowest BCUT2D eigenvalue weighted by Gasteiger charge is -2.40. The molecule has 1 aliphatic rings. The molecule has 0 unspecified atom stereocenters. The van der Waals surface area contributed by atoms with Gasteiger partial charge in [0, 0.05) is 44.8 Å². The highest BCUT2D eigenvalue weighted by Crippen LogP contribution is 2.31. The Morgan fingerprint density at radius 2 is 1.76 bits per heavy atom. The highest BCUT2D eigenvalue weighted by atomic mass is 32.2. The molecule has 2 aromatic carbocycles. The Morgan fingerprint density at radius 1 is 1.11 bits per heavy atom. The number of carbonyl (C=O) groups is 3. The van der Waals surface area contributed by atoms with Crippen LogP contribution in [0.15, 0.2) is 54.6 Å². The third-order valence-corrected chi connectivity index (χ3v) is 8.21. The smallest absolute Gasteiger partial charge is 0.328 e. The molecule has 38 heavy (non-hydrogen) atoms. The van der Waals surface area contributed by atoms with E-state index in [2.05, 4.69) is 47.5 Å². The summed E-state index contributed by atoms with van der Waals surface area (Å²) in [4.78, 5) is 38.9. The lowest BCUT2D eigenvalue weighted by molar-refractivity contribution is -0.135. The predicted octanol–water partition coefficient (Wildman–Crippen LogP) is 1.84. The number of piperidine rings is 1. The quantitative estimate of drug-likeness (QED) is 0.413. The Bertz CT molecular complexity index is 1280. The van der Waals surface area contributed by atoms with Gasteiger partial charge in [-0.3, -0.25) is 14.5 Å². The normalized spacial score (nSPS) is 16.1. The number of benzene rings is 2. The highest BCUT2D eigenvalue weighted by molar-refractivity contribution is 7.88. The first kappa shape index (κ1) is 29.3. The molecule has 0 spiro atoms. The van der Waals surface area contributed by atoms with Gasteiger partial charge in [-0.15, -0.1) is 0 Å². The number of carboxylic acids is 1. The minimum atomic E-state index is -3.66. The van der Waals surface area contributed by atoms with E-state index in [9.17, 15) is 22.8 Å². The molecule has 1 saturated heterocycles. The van der Waals surface area contributed by atoms with Crippen LogP contribution in [0, 0.1) is 0 Å². The lowest BCUT2D eigenvalue weighted by Crippen LogP contribution is -2.51. The Labute approximate surface area is 223 Å². The summed E-state index contributed by atoms with van der Waals surface area (Å²) in [6.45, 7) is 2.95. The van der Waals surface area contributed by atoms with Gasteiger partial charge in [0.25, 0.3) is 0 Å². The number of carboxylic acid groups (broad SMARTS) is 1. The molecule has 10 nitrogen and oxygen atoms in total. The van der Waals surface area contributed by atoms with Crippen molar-refractivity contribution in [1.82, 2.24) is 19.4 Å². The minimum Gasteiger partial charge on any atom is -0.478 e. The SMILES string of the molecule is C[C@H](c1cccc2ccccc12)N1CCC(N(CC(=O)N(C)CC(=O)NC/C=C/C(=O)O)S(C)(=O)=O)CC1. The molecule has 0 aromatic heterocycles. The van der Waals surface area contributed by atoms with Crippen molar-refractivity contribution in [2.45, 2.75) is 31.8 Å². The molecule has 0 aliphatic carbocycles. The van der Waals surface area contributed by atoms with Crippen LogP contribution in [0.5, 0.6) is 0 Å². The molecule has 1 atom stereocenters. The van der Waals surface area contributed by atoms with Gasteiger partial charge in [-0.1, -0.05) is 48.5 Å². The average Bonchev–Trinajstić information content (AvgIpc) is 2.88. The van der Waals surface area contributed by atoms with Gasteiger partial charge in [0.2, 0.25) is 21.8 Å². The second-order valence-corrected chi connectivity index (χ2v) is 11.5. The Kier molecular flexibility index (Phi) is 10.0. The van der Waals surface area contributed by atoms with Crippen LogP contribution in [0.4, 0.5) is 0 Å². The van der Waals surface area contributed by atoms with Gasteiger partial charge in [0.05, 0.1) is 19.3 Å². The van der Waals surface area contributed by atoms with Gasteiger partial charge in [0.1, 0.15) is 0 Å². The van der Waals surface area contributed by atoms with Crippen molar-refractivity contribution >= 4 is 38.6 Å². The van der Waals surface area contributed by atoms with Crippen molar-refractivity contribution in [3.63, 3.8) is 0 Å². The number of nitrogens with zero attached hydrogens (tertiary/aromatic N) is 3. The summed E-state index contributed by atoms with van der Waals surface area (Å²) in [6.07, 6.45) is 4.48. The van der Waals surface area contributed by atoms with E-state index in [1.54, 1.807) is 0 Å². The predicted molar refractivity (Wildman–Crippen MR) is 146 cm³/mol. The summed E-state index contributed by atoms with van der Waals surface area (Å²) >= 11 is 0. The Hall–Kier alpha value is -3.28. The molecule has 1 heterocycles. The van der Waals surface area contributed by atoms with Crippen LogP contribution in [-0.4, -0.2) is 97.5 Å². The standard InChI is InChI=1S/C27H36N4O6S/c1-20(23-11-6-9-21-8-4-5-10-24(21)23)30-16-13-22(14-17-30)31(38(3,36)37)19-26(33)29(2)18-25(32)28-15-7-12-27(34)35/h4-12,20,22H,13-19H2,1-3H3,(H,28,32)(H,34,35)/b12-7+/t20-/m1/s1. The average molecular weight is 545 g/mol. The second kappa shape index (κ2) is 13.0. The molecule has 2 N–H and O–H groups in total. The van der Waals surface area contributed by atoms with Gasteiger partial charge < -0.3 is 15.3 Å². The number of likely N-dealkylation sites (N-methyl/N-ethyl adjacent to an activating group) is 1. The first-order valence-corrected chi connectivity index (χ1v) is 14.4.